The number of thiophene rings is 1. The standard InChI is InChI=1S/C20H14O3S/c1-2-23-20(22)18-10-16-13(11-21)9-17-14-6-4-3-5-12(14)7-8-15(17)19(16)24-18/h3-11H,2H2,1H3. The summed E-state index contributed by atoms with van der Waals surface area (Å²) in [5.41, 5.74) is 0.598. The zero-order valence-electron chi connectivity index (χ0n) is 13.0. The maximum absolute atomic E-state index is 12.1. The van der Waals surface area contributed by atoms with E-state index in [-0.39, 0.29) is 5.97 Å². The second kappa shape index (κ2) is 5.73. The van der Waals surface area contributed by atoms with Gasteiger partial charge in [0, 0.05) is 21.0 Å². The van der Waals surface area contributed by atoms with Crippen molar-refractivity contribution in [2.75, 3.05) is 6.61 Å². The average molecular weight is 334 g/mol. The second-order valence-electron chi connectivity index (χ2n) is 5.54. The van der Waals surface area contributed by atoms with E-state index in [4.69, 9.17) is 4.74 Å². The van der Waals surface area contributed by atoms with Crippen molar-refractivity contribution in [2.45, 2.75) is 6.92 Å². The molecule has 3 nitrogen and oxygen atoms in total. The number of benzene rings is 3. The first-order chi connectivity index (χ1) is 11.7. The fourth-order valence-corrected chi connectivity index (χ4v) is 4.20. The van der Waals surface area contributed by atoms with Crippen molar-refractivity contribution in [1.82, 2.24) is 0 Å². The molecule has 0 aliphatic heterocycles. The SMILES string of the molecule is CCOC(=O)c1cc2c(C=O)cc3c4ccccc4ccc3c2s1. The van der Waals surface area contributed by atoms with Crippen LogP contribution in [0.3, 0.4) is 0 Å². The van der Waals surface area contributed by atoms with E-state index in [0.717, 1.165) is 37.9 Å². The largest absolute Gasteiger partial charge is 0.462 e. The number of aldehydes is 1. The highest BCUT2D eigenvalue weighted by Gasteiger charge is 2.16. The van der Waals surface area contributed by atoms with Crippen LogP contribution in [-0.4, -0.2) is 18.9 Å². The van der Waals surface area contributed by atoms with Crippen LogP contribution in [-0.2, 0) is 4.74 Å². The Labute approximate surface area is 142 Å². The van der Waals surface area contributed by atoms with Crippen molar-refractivity contribution in [2.24, 2.45) is 0 Å². The van der Waals surface area contributed by atoms with Crippen LogP contribution in [0.25, 0.3) is 31.6 Å². The Kier molecular flexibility index (Phi) is 3.54. The minimum absolute atomic E-state index is 0.332. The Balaban J connectivity index is 2.11. The van der Waals surface area contributed by atoms with Crippen LogP contribution >= 0.6 is 11.3 Å². The maximum Gasteiger partial charge on any atom is 0.348 e. The quantitative estimate of drug-likeness (QED) is 0.294. The number of carbonyl (C=O) groups is 2. The number of esters is 1. The molecule has 3 aromatic carbocycles. The third kappa shape index (κ3) is 2.19. The smallest absolute Gasteiger partial charge is 0.348 e. The summed E-state index contributed by atoms with van der Waals surface area (Å²) in [6.07, 6.45) is 0.852. The minimum atomic E-state index is -0.343. The molecule has 4 rings (SSSR count). The summed E-state index contributed by atoms with van der Waals surface area (Å²) in [7, 11) is 0. The normalized spacial score (nSPS) is 11.2. The molecular formula is C20H14O3S. The molecule has 0 saturated heterocycles. The molecule has 0 unspecified atom stereocenters. The number of hydrogen-bond acceptors (Lipinski definition) is 4. The van der Waals surface area contributed by atoms with E-state index in [1.807, 2.05) is 18.2 Å². The van der Waals surface area contributed by atoms with Gasteiger partial charge in [0.25, 0.3) is 0 Å². The molecule has 0 aliphatic carbocycles. The highest BCUT2D eigenvalue weighted by Crippen LogP contribution is 2.38. The van der Waals surface area contributed by atoms with Crippen molar-refractivity contribution in [1.29, 1.82) is 0 Å². The number of fused-ring (bicyclic) bond motifs is 5. The molecule has 1 aromatic heterocycles. The molecule has 0 saturated carbocycles. The van der Waals surface area contributed by atoms with E-state index >= 15 is 0 Å². The molecule has 0 aliphatic rings. The molecule has 24 heavy (non-hydrogen) atoms. The number of carbonyl (C=O) groups excluding carboxylic acids is 2. The van der Waals surface area contributed by atoms with Gasteiger partial charge < -0.3 is 4.74 Å². The van der Waals surface area contributed by atoms with E-state index in [1.165, 1.54) is 11.3 Å². The molecule has 4 aromatic rings. The third-order valence-electron chi connectivity index (χ3n) is 4.16. The van der Waals surface area contributed by atoms with E-state index in [2.05, 4.69) is 24.3 Å². The Bertz CT molecular complexity index is 1110. The lowest BCUT2D eigenvalue weighted by molar-refractivity contribution is 0.0532. The Morgan fingerprint density at radius 2 is 1.88 bits per heavy atom. The van der Waals surface area contributed by atoms with Crippen LogP contribution in [0.15, 0.2) is 48.5 Å². The van der Waals surface area contributed by atoms with Gasteiger partial charge >= 0.3 is 5.97 Å². The molecule has 0 N–H and O–H groups in total. The summed E-state index contributed by atoms with van der Waals surface area (Å²) < 4.78 is 6.04. The fourth-order valence-electron chi connectivity index (χ4n) is 3.09. The molecule has 1 heterocycles. The summed E-state index contributed by atoms with van der Waals surface area (Å²) in [5, 5.41) is 5.12. The van der Waals surface area contributed by atoms with Gasteiger partial charge in [-0.1, -0.05) is 36.4 Å². The zero-order valence-corrected chi connectivity index (χ0v) is 13.9. The van der Waals surface area contributed by atoms with Crippen molar-refractivity contribution >= 4 is 55.2 Å². The summed E-state index contributed by atoms with van der Waals surface area (Å²) in [6.45, 7) is 2.11. The van der Waals surface area contributed by atoms with Gasteiger partial charge in [0.1, 0.15) is 4.88 Å². The number of hydrogen-bond donors (Lipinski definition) is 0. The highest BCUT2D eigenvalue weighted by molar-refractivity contribution is 7.21. The number of ether oxygens (including phenoxy) is 1. The highest BCUT2D eigenvalue weighted by atomic mass is 32.1. The third-order valence-corrected chi connectivity index (χ3v) is 5.31. The molecule has 0 spiro atoms. The molecular weight excluding hydrogens is 320 g/mol. The van der Waals surface area contributed by atoms with Gasteiger partial charge in [-0.3, -0.25) is 4.79 Å². The van der Waals surface area contributed by atoms with Gasteiger partial charge in [0.2, 0.25) is 0 Å². The van der Waals surface area contributed by atoms with Crippen LogP contribution in [0.4, 0.5) is 0 Å². The van der Waals surface area contributed by atoms with Gasteiger partial charge in [-0.25, -0.2) is 4.79 Å². The van der Waals surface area contributed by atoms with Gasteiger partial charge in [-0.2, -0.15) is 0 Å². The molecule has 0 fully saturated rings. The van der Waals surface area contributed by atoms with Gasteiger partial charge in [-0.05, 0) is 35.2 Å². The van der Waals surface area contributed by atoms with E-state index in [9.17, 15) is 9.59 Å². The van der Waals surface area contributed by atoms with E-state index < -0.39 is 0 Å². The lowest BCUT2D eigenvalue weighted by Gasteiger charge is -2.06. The van der Waals surface area contributed by atoms with Crippen LogP contribution < -0.4 is 0 Å². The van der Waals surface area contributed by atoms with Gasteiger partial charge in [0.15, 0.2) is 6.29 Å². The Hall–Kier alpha value is -2.72. The molecule has 0 atom stereocenters. The summed E-state index contributed by atoms with van der Waals surface area (Å²) in [4.78, 5) is 24.2. The van der Waals surface area contributed by atoms with Crippen molar-refractivity contribution in [3.8, 4) is 0 Å². The summed E-state index contributed by atoms with van der Waals surface area (Å²) in [5.74, 6) is -0.343. The monoisotopic (exact) mass is 334 g/mol. The number of rotatable bonds is 3. The average Bonchev–Trinajstić information content (AvgIpc) is 3.06. The second-order valence-corrected chi connectivity index (χ2v) is 6.59. The van der Waals surface area contributed by atoms with Gasteiger partial charge in [-0.15, -0.1) is 11.3 Å². The van der Waals surface area contributed by atoms with Crippen molar-refractivity contribution in [3.63, 3.8) is 0 Å². The van der Waals surface area contributed by atoms with Crippen LogP contribution in [0.5, 0.6) is 0 Å². The first kappa shape index (κ1) is 14.8. The van der Waals surface area contributed by atoms with Crippen molar-refractivity contribution in [3.05, 3.63) is 59.0 Å². The van der Waals surface area contributed by atoms with Crippen LogP contribution in [0.1, 0.15) is 27.0 Å². The summed E-state index contributed by atoms with van der Waals surface area (Å²) >= 11 is 1.38. The Morgan fingerprint density at radius 1 is 1.04 bits per heavy atom. The van der Waals surface area contributed by atoms with Crippen molar-refractivity contribution < 1.29 is 14.3 Å². The lowest BCUT2D eigenvalue weighted by Crippen LogP contribution is -2.01. The van der Waals surface area contributed by atoms with Gasteiger partial charge in [0.05, 0.1) is 6.61 Å². The molecule has 0 amide bonds. The zero-order chi connectivity index (χ0) is 16.7. The predicted molar refractivity (Wildman–Crippen MR) is 98.2 cm³/mol. The lowest BCUT2D eigenvalue weighted by atomic mass is 9.98. The first-order valence-electron chi connectivity index (χ1n) is 7.73. The summed E-state index contributed by atoms with van der Waals surface area (Å²) in [6, 6.07) is 15.9. The van der Waals surface area contributed by atoms with Crippen LogP contribution in [0.2, 0.25) is 0 Å². The maximum atomic E-state index is 12.1. The van der Waals surface area contributed by atoms with E-state index in [1.54, 1.807) is 13.0 Å². The first-order valence-corrected chi connectivity index (χ1v) is 8.55. The fraction of sp³-hybridized carbons (Fsp3) is 0.100. The van der Waals surface area contributed by atoms with E-state index in [0.29, 0.717) is 17.0 Å². The topological polar surface area (TPSA) is 43.4 Å². The predicted octanol–water partition coefficient (Wildman–Crippen LogP) is 5.20. The van der Waals surface area contributed by atoms with Crippen LogP contribution in [0, 0.1) is 0 Å². The molecule has 0 radical (unpaired) electrons. The molecule has 118 valence electrons. The Morgan fingerprint density at radius 3 is 2.67 bits per heavy atom. The molecule has 4 heteroatoms. The minimum Gasteiger partial charge on any atom is -0.462 e. The molecule has 0 bridgehead atoms.